The van der Waals surface area contributed by atoms with Crippen molar-refractivity contribution < 1.29 is 27.5 Å². The van der Waals surface area contributed by atoms with Crippen molar-refractivity contribution in [3.63, 3.8) is 0 Å². The van der Waals surface area contributed by atoms with Crippen LogP contribution in [-0.2, 0) is 11.0 Å². The van der Waals surface area contributed by atoms with Gasteiger partial charge in [-0.1, -0.05) is 26.0 Å². The number of anilines is 2. The zero-order chi connectivity index (χ0) is 23.0. The summed E-state index contributed by atoms with van der Waals surface area (Å²) in [7, 11) is 0. The van der Waals surface area contributed by atoms with Crippen LogP contribution in [0, 0.1) is 11.3 Å². The molecule has 1 aliphatic heterocycles. The number of fused-ring (bicyclic) bond motifs is 1. The third-order valence-corrected chi connectivity index (χ3v) is 4.95. The minimum absolute atomic E-state index is 0.0733. The Bertz CT molecular complexity index is 1000. The van der Waals surface area contributed by atoms with E-state index >= 15 is 0 Å². The monoisotopic (exact) mass is 434 g/mol. The summed E-state index contributed by atoms with van der Waals surface area (Å²) in [6, 6.07) is 9.33. The predicted octanol–water partition coefficient (Wildman–Crippen LogP) is 5.37. The van der Waals surface area contributed by atoms with Crippen LogP contribution in [0.1, 0.15) is 43.6 Å². The molecule has 2 aromatic carbocycles. The Hall–Kier alpha value is -3.03. The van der Waals surface area contributed by atoms with Gasteiger partial charge in [-0.05, 0) is 44.0 Å². The lowest BCUT2D eigenvalue weighted by atomic mass is 9.92. The first-order valence-electron chi connectivity index (χ1n) is 9.96. The summed E-state index contributed by atoms with van der Waals surface area (Å²) in [5, 5.41) is 2.51. The maximum atomic E-state index is 13.2. The molecule has 1 aliphatic rings. The van der Waals surface area contributed by atoms with E-state index < -0.39 is 28.6 Å². The number of hydrogen-bond acceptors (Lipinski definition) is 3. The van der Waals surface area contributed by atoms with Crippen LogP contribution in [-0.4, -0.2) is 25.0 Å². The van der Waals surface area contributed by atoms with Gasteiger partial charge in [-0.15, -0.1) is 0 Å². The van der Waals surface area contributed by atoms with Crippen LogP contribution in [0.15, 0.2) is 42.5 Å². The molecule has 0 aromatic heterocycles. The van der Waals surface area contributed by atoms with E-state index in [0.717, 1.165) is 12.1 Å². The lowest BCUT2D eigenvalue weighted by molar-refractivity contribution is -0.137. The van der Waals surface area contributed by atoms with Crippen molar-refractivity contribution in [2.24, 2.45) is 11.3 Å². The molecule has 2 aromatic rings. The highest BCUT2D eigenvalue weighted by atomic mass is 19.4. The minimum Gasteiger partial charge on any atom is -0.490 e. The molecular weight excluding hydrogens is 409 g/mol. The second kappa shape index (κ2) is 8.24. The molecule has 5 nitrogen and oxygen atoms in total. The predicted molar refractivity (Wildman–Crippen MR) is 112 cm³/mol. The second-order valence-electron chi connectivity index (χ2n) is 8.66. The summed E-state index contributed by atoms with van der Waals surface area (Å²) in [6.07, 6.45) is -4.64. The highest BCUT2D eigenvalue weighted by Gasteiger charge is 2.38. The summed E-state index contributed by atoms with van der Waals surface area (Å²) >= 11 is 0. The van der Waals surface area contributed by atoms with Gasteiger partial charge in [0.1, 0.15) is 12.4 Å². The number of carbonyl (C=O) groups is 2. The molecule has 1 heterocycles. The quantitative estimate of drug-likeness (QED) is 0.704. The topological polar surface area (TPSA) is 58.6 Å². The van der Waals surface area contributed by atoms with Gasteiger partial charge in [0.2, 0.25) is 5.91 Å². The number of hydrogen-bond donors (Lipinski definition) is 1. The van der Waals surface area contributed by atoms with Gasteiger partial charge < -0.3 is 15.0 Å². The molecule has 0 atom stereocenters. The van der Waals surface area contributed by atoms with E-state index in [4.69, 9.17) is 4.74 Å². The molecule has 0 unspecified atom stereocenters. The lowest BCUT2D eigenvalue weighted by Gasteiger charge is -2.29. The van der Waals surface area contributed by atoms with E-state index in [1.807, 2.05) is 13.8 Å². The highest BCUT2D eigenvalue weighted by molar-refractivity contribution is 6.06. The molecule has 0 saturated carbocycles. The number of nitrogens with zero attached hydrogens (tertiary/aromatic N) is 1. The van der Waals surface area contributed by atoms with Crippen LogP contribution in [0.2, 0.25) is 0 Å². The maximum absolute atomic E-state index is 13.2. The molecule has 0 saturated heterocycles. The largest absolute Gasteiger partial charge is 0.490 e. The number of ether oxygens (including phenoxy) is 1. The zero-order valence-electron chi connectivity index (χ0n) is 17.8. The van der Waals surface area contributed by atoms with Crippen LogP contribution in [0.25, 0.3) is 0 Å². The van der Waals surface area contributed by atoms with Gasteiger partial charge in [0.15, 0.2) is 0 Å². The summed E-state index contributed by atoms with van der Waals surface area (Å²) in [6.45, 7) is 8.22. The van der Waals surface area contributed by atoms with Crippen molar-refractivity contribution >= 4 is 23.2 Å². The fourth-order valence-corrected chi connectivity index (χ4v) is 3.40. The Morgan fingerprint density at radius 2 is 1.87 bits per heavy atom. The Balaban J connectivity index is 1.93. The number of rotatable bonds is 4. The van der Waals surface area contributed by atoms with Gasteiger partial charge in [0.25, 0.3) is 5.91 Å². The fraction of sp³-hybridized carbons (Fsp3) is 0.391. The third kappa shape index (κ3) is 4.84. The molecule has 2 amide bonds. The minimum atomic E-state index is -4.64. The van der Waals surface area contributed by atoms with Gasteiger partial charge in [0, 0.05) is 18.3 Å². The summed E-state index contributed by atoms with van der Waals surface area (Å²) in [4.78, 5) is 27.2. The summed E-state index contributed by atoms with van der Waals surface area (Å²) < 4.78 is 45.6. The van der Waals surface area contributed by atoms with Crippen LogP contribution < -0.4 is 15.0 Å². The lowest BCUT2D eigenvalue weighted by Crippen LogP contribution is -2.43. The molecule has 0 bridgehead atoms. The van der Waals surface area contributed by atoms with Gasteiger partial charge in [0.05, 0.1) is 22.2 Å². The van der Waals surface area contributed by atoms with Crippen LogP contribution in [0.5, 0.6) is 5.75 Å². The smallest absolute Gasteiger partial charge is 0.417 e. The van der Waals surface area contributed by atoms with Crippen molar-refractivity contribution in [1.29, 1.82) is 0 Å². The van der Waals surface area contributed by atoms with E-state index in [-0.39, 0.29) is 24.1 Å². The normalized spacial score (nSPS) is 15.9. The van der Waals surface area contributed by atoms with Crippen molar-refractivity contribution in [1.82, 2.24) is 0 Å². The van der Waals surface area contributed by atoms with E-state index in [1.165, 1.54) is 18.2 Å². The Labute approximate surface area is 179 Å². The number of benzene rings is 2. The average molecular weight is 434 g/mol. The number of nitrogens with one attached hydrogen (secondary N) is 1. The first kappa shape index (κ1) is 22.7. The zero-order valence-corrected chi connectivity index (χ0v) is 17.8. The van der Waals surface area contributed by atoms with E-state index in [9.17, 15) is 22.8 Å². The molecular formula is C23H25F3N2O3. The summed E-state index contributed by atoms with van der Waals surface area (Å²) in [5.41, 5.74) is -1.38. The first-order chi connectivity index (χ1) is 14.4. The Morgan fingerprint density at radius 3 is 2.52 bits per heavy atom. The van der Waals surface area contributed by atoms with Crippen molar-refractivity contribution in [3.8, 4) is 5.75 Å². The molecule has 3 rings (SSSR count). The third-order valence-electron chi connectivity index (χ3n) is 4.95. The van der Waals surface area contributed by atoms with Crippen molar-refractivity contribution in [3.05, 3.63) is 53.6 Å². The molecule has 31 heavy (non-hydrogen) atoms. The fourth-order valence-electron chi connectivity index (χ4n) is 3.40. The highest BCUT2D eigenvalue weighted by Crippen LogP contribution is 2.39. The Morgan fingerprint density at radius 1 is 1.19 bits per heavy atom. The van der Waals surface area contributed by atoms with Gasteiger partial charge in [-0.2, -0.15) is 13.2 Å². The van der Waals surface area contributed by atoms with E-state index in [1.54, 1.807) is 30.9 Å². The second-order valence-corrected chi connectivity index (χ2v) is 8.66. The average Bonchev–Trinajstić information content (AvgIpc) is 2.77. The number of carbonyl (C=O) groups excluding carboxylic acids is 2. The molecule has 0 spiro atoms. The van der Waals surface area contributed by atoms with Crippen LogP contribution in [0.4, 0.5) is 24.5 Å². The first-order valence-corrected chi connectivity index (χ1v) is 9.96. The number of amides is 2. The molecule has 0 fully saturated rings. The molecule has 1 N–H and O–H groups in total. The maximum Gasteiger partial charge on any atom is 0.417 e. The molecule has 166 valence electrons. The SMILES string of the molecule is CC(C)CN1C(=O)C(C)(C)COc2cc(NC(=O)c3ccccc3C(F)(F)F)ccc21. The number of alkyl halides is 3. The molecule has 0 radical (unpaired) electrons. The Kier molecular flexibility index (Phi) is 6.02. The van der Waals surface area contributed by atoms with E-state index in [2.05, 4.69) is 5.32 Å². The molecule has 8 heteroatoms. The van der Waals surface area contributed by atoms with Gasteiger partial charge >= 0.3 is 6.18 Å². The van der Waals surface area contributed by atoms with Gasteiger partial charge in [-0.3, -0.25) is 9.59 Å². The van der Waals surface area contributed by atoms with Crippen LogP contribution in [0.3, 0.4) is 0 Å². The van der Waals surface area contributed by atoms with Gasteiger partial charge in [-0.25, -0.2) is 0 Å². The summed E-state index contributed by atoms with van der Waals surface area (Å²) in [5.74, 6) is -0.349. The van der Waals surface area contributed by atoms with Crippen LogP contribution >= 0.6 is 0 Å². The van der Waals surface area contributed by atoms with Crippen molar-refractivity contribution in [2.45, 2.75) is 33.9 Å². The molecule has 0 aliphatic carbocycles. The number of halogens is 3. The standard InChI is InChI=1S/C23H25F3N2O3/c1-14(2)12-28-18-10-9-15(11-19(18)31-13-22(3,4)21(28)30)27-20(29)16-7-5-6-8-17(16)23(24,25)26/h5-11,14H,12-13H2,1-4H3,(H,27,29). The van der Waals surface area contributed by atoms with Crippen molar-refractivity contribution in [2.75, 3.05) is 23.4 Å². The van der Waals surface area contributed by atoms with E-state index in [0.29, 0.717) is 18.0 Å².